The molecular weight excluding hydrogens is 486 g/mol. The minimum Gasteiger partial charge on any atom is -0.344 e. The summed E-state index contributed by atoms with van der Waals surface area (Å²) < 4.78 is 0. The summed E-state index contributed by atoms with van der Waals surface area (Å²) in [5.74, 6) is 2.19. The largest absolute Gasteiger partial charge is 0.344 e. The Balaban J connectivity index is 1.02. The highest BCUT2D eigenvalue weighted by Crippen LogP contribution is 2.71. The molecule has 39 heavy (non-hydrogen) atoms. The second-order valence-electron chi connectivity index (χ2n) is 12.1. The van der Waals surface area contributed by atoms with Gasteiger partial charge in [0.2, 0.25) is 11.8 Å². The number of hydrogen-bond donors (Lipinski definition) is 1. The summed E-state index contributed by atoms with van der Waals surface area (Å²) in [5.41, 5.74) is 3.60. The number of H-pyrrole nitrogens is 1. The van der Waals surface area contributed by atoms with Crippen LogP contribution in [0.1, 0.15) is 72.5 Å². The van der Waals surface area contributed by atoms with Crippen LogP contribution in [0.5, 0.6) is 0 Å². The van der Waals surface area contributed by atoms with Gasteiger partial charge >= 0.3 is 0 Å². The molecule has 0 bridgehead atoms. The number of carbonyl (C=O) groups is 2. The number of likely N-dealkylation sites (tertiary alicyclic amines) is 1. The van der Waals surface area contributed by atoms with Gasteiger partial charge in [-0.2, -0.15) is 0 Å². The van der Waals surface area contributed by atoms with Gasteiger partial charge in [0.05, 0.1) is 34.8 Å². The summed E-state index contributed by atoms with van der Waals surface area (Å²) in [6.45, 7) is 1.71. The zero-order chi connectivity index (χ0) is 26.2. The average molecular weight is 520 g/mol. The van der Waals surface area contributed by atoms with Crippen LogP contribution in [0.4, 0.5) is 0 Å². The summed E-state index contributed by atoms with van der Waals surface area (Å²) in [7, 11) is 0. The predicted octanol–water partition coefficient (Wildman–Crippen LogP) is 4.63. The zero-order valence-electron chi connectivity index (χ0n) is 22.1. The smallest absolute Gasteiger partial charge is 0.240 e. The van der Waals surface area contributed by atoms with Crippen molar-refractivity contribution < 1.29 is 9.59 Å². The van der Waals surface area contributed by atoms with Crippen molar-refractivity contribution in [2.24, 2.45) is 16.7 Å². The van der Waals surface area contributed by atoms with Crippen LogP contribution in [0.3, 0.4) is 0 Å². The standard InChI is InChI=1S/C32H33N5O2/c38-29-31-13-2-1-3-14-32(31,20-31)30(39)37(29)17-5-4-16-36(25-10-6-8-21-9-7-15-33-27(21)25)19-26-34-24-12-11-22-18-23(22)28(24)35-26/h2-5,7,9,11-15,22-23,25H,1,6,8,10,16-20H2,(H,34,35)/b5-4+. The van der Waals surface area contributed by atoms with Crippen molar-refractivity contribution in [3.63, 3.8) is 0 Å². The van der Waals surface area contributed by atoms with Gasteiger partial charge in [0.25, 0.3) is 0 Å². The Morgan fingerprint density at radius 2 is 2.00 bits per heavy atom. The lowest BCUT2D eigenvalue weighted by Crippen LogP contribution is -2.36. The number of aromatic nitrogens is 3. The fraction of sp³-hybridized carbons (Fsp3) is 0.438. The van der Waals surface area contributed by atoms with Crippen molar-refractivity contribution in [3.8, 4) is 0 Å². The molecular formula is C32H33N5O2. The third-order valence-electron chi connectivity index (χ3n) is 9.84. The number of aromatic amines is 1. The van der Waals surface area contributed by atoms with E-state index in [4.69, 9.17) is 9.97 Å². The first-order valence-electron chi connectivity index (χ1n) is 14.4. The van der Waals surface area contributed by atoms with Crippen molar-refractivity contribution >= 4 is 17.9 Å². The summed E-state index contributed by atoms with van der Waals surface area (Å²) in [6, 6.07) is 4.43. The van der Waals surface area contributed by atoms with E-state index in [0.717, 1.165) is 42.9 Å². The van der Waals surface area contributed by atoms with E-state index < -0.39 is 10.8 Å². The van der Waals surface area contributed by atoms with Crippen LogP contribution in [-0.4, -0.2) is 49.7 Å². The van der Waals surface area contributed by atoms with E-state index in [1.807, 2.05) is 42.6 Å². The lowest BCUT2D eigenvalue weighted by atomic mass is 9.90. The van der Waals surface area contributed by atoms with Crippen LogP contribution < -0.4 is 0 Å². The number of amides is 2. The van der Waals surface area contributed by atoms with E-state index in [0.29, 0.717) is 37.9 Å². The number of piperidine rings is 1. The molecule has 2 aromatic heterocycles. The Labute approximate surface area is 228 Å². The van der Waals surface area contributed by atoms with Gasteiger partial charge in [0, 0.05) is 30.9 Å². The number of pyridine rings is 1. The maximum Gasteiger partial charge on any atom is 0.240 e. The molecule has 8 rings (SSSR count). The lowest BCUT2D eigenvalue weighted by Gasteiger charge is -2.34. The molecule has 6 aliphatic rings. The molecule has 0 spiro atoms. The highest BCUT2D eigenvalue weighted by molar-refractivity contribution is 6.16. The van der Waals surface area contributed by atoms with Gasteiger partial charge in [-0.25, -0.2) is 4.98 Å². The van der Waals surface area contributed by atoms with Gasteiger partial charge in [0.1, 0.15) is 5.82 Å². The summed E-state index contributed by atoms with van der Waals surface area (Å²) in [5, 5.41) is 0. The summed E-state index contributed by atoms with van der Waals surface area (Å²) >= 11 is 0. The Morgan fingerprint density at radius 3 is 2.85 bits per heavy atom. The van der Waals surface area contributed by atoms with Crippen molar-refractivity contribution in [2.45, 2.75) is 57.0 Å². The highest BCUT2D eigenvalue weighted by atomic mass is 16.2. The lowest BCUT2D eigenvalue weighted by molar-refractivity contribution is -0.142. The normalized spacial score (nSPS) is 33.2. The molecule has 1 N–H and O–H groups in total. The molecule has 5 unspecified atom stereocenters. The molecule has 5 aliphatic carbocycles. The molecule has 198 valence electrons. The van der Waals surface area contributed by atoms with E-state index in [9.17, 15) is 9.59 Å². The Kier molecular flexibility index (Phi) is 5.06. The SMILES string of the molecule is O=C1N(C/C=C/CN(Cc2nc3c([nH]2)C2CC2C=C3)C2CCCc3cccnc32)C(=O)C23C=CCC=CC12C3. The molecule has 5 atom stereocenters. The first kappa shape index (κ1) is 23.3. The molecule has 2 saturated carbocycles. The number of fused-ring (bicyclic) bond motifs is 4. The van der Waals surface area contributed by atoms with Gasteiger partial charge < -0.3 is 4.98 Å². The number of imidazole rings is 1. The number of carbonyl (C=O) groups excluding carboxylic acids is 2. The number of nitrogens with one attached hydrogen (secondary N) is 1. The molecule has 7 heteroatoms. The minimum atomic E-state index is -0.637. The number of aryl methyl sites for hydroxylation is 1. The van der Waals surface area contributed by atoms with E-state index in [-0.39, 0.29) is 17.9 Å². The molecule has 1 aliphatic heterocycles. The summed E-state index contributed by atoms with van der Waals surface area (Å²) in [4.78, 5) is 43.9. The minimum absolute atomic E-state index is 0.0465. The van der Waals surface area contributed by atoms with Crippen LogP contribution in [-0.2, 0) is 22.6 Å². The number of imide groups is 1. The van der Waals surface area contributed by atoms with Crippen molar-refractivity contribution in [3.05, 3.63) is 89.3 Å². The van der Waals surface area contributed by atoms with Crippen LogP contribution in [0, 0.1) is 16.7 Å². The molecule has 3 heterocycles. The molecule has 2 aromatic rings. The second-order valence-corrected chi connectivity index (χ2v) is 12.1. The van der Waals surface area contributed by atoms with Gasteiger partial charge in [-0.3, -0.25) is 24.4 Å². The van der Waals surface area contributed by atoms with E-state index in [2.05, 4.69) is 34.2 Å². The maximum atomic E-state index is 13.3. The van der Waals surface area contributed by atoms with Gasteiger partial charge in [-0.05, 0) is 62.1 Å². The Hall–Kier alpha value is -3.58. The molecule has 0 aromatic carbocycles. The Morgan fingerprint density at radius 1 is 1.15 bits per heavy atom. The monoisotopic (exact) mass is 519 g/mol. The predicted molar refractivity (Wildman–Crippen MR) is 147 cm³/mol. The number of rotatable bonds is 7. The van der Waals surface area contributed by atoms with E-state index in [1.165, 1.54) is 22.6 Å². The van der Waals surface area contributed by atoms with Crippen LogP contribution in [0.25, 0.3) is 6.08 Å². The molecule has 2 amide bonds. The van der Waals surface area contributed by atoms with Crippen molar-refractivity contribution in [1.82, 2.24) is 24.8 Å². The summed E-state index contributed by atoms with van der Waals surface area (Å²) in [6.07, 6.45) is 24.3. The first-order valence-corrected chi connectivity index (χ1v) is 14.4. The van der Waals surface area contributed by atoms with Crippen LogP contribution in [0.15, 0.2) is 60.9 Å². The Bertz CT molecular complexity index is 1460. The molecule has 0 radical (unpaired) electrons. The fourth-order valence-corrected chi connectivity index (χ4v) is 7.58. The third-order valence-corrected chi connectivity index (χ3v) is 9.84. The molecule has 3 fully saturated rings. The second kappa shape index (κ2) is 8.46. The molecule has 1 saturated heterocycles. The maximum absolute atomic E-state index is 13.3. The van der Waals surface area contributed by atoms with Gasteiger partial charge in [-0.1, -0.05) is 48.6 Å². The fourth-order valence-electron chi connectivity index (χ4n) is 7.58. The van der Waals surface area contributed by atoms with Gasteiger partial charge in [-0.15, -0.1) is 0 Å². The molecule has 7 nitrogen and oxygen atoms in total. The van der Waals surface area contributed by atoms with Gasteiger partial charge in [0.15, 0.2) is 0 Å². The van der Waals surface area contributed by atoms with Crippen molar-refractivity contribution in [1.29, 1.82) is 0 Å². The van der Waals surface area contributed by atoms with E-state index >= 15 is 0 Å². The average Bonchev–Trinajstić information content (AvgIpc) is 3.82. The van der Waals surface area contributed by atoms with Crippen LogP contribution in [0.2, 0.25) is 0 Å². The van der Waals surface area contributed by atoms with Crippen LogP contribution >= 0.6 is 0 Å². The number of hydrogen-bond acceptors (Lipinski definition) is 5. The highest BCUT2D eigenvalue weighted by Gasteiger charge is 2.80. The quantitative estimate of drug-likeness (QED) is 0.426. The number of allylic oxidation sites excluding steroid dienone is 3. The number of nitrogens with zero attached hydrogens (tertiary/aromatic N) is 4. The third kappa shape index (κ3) is 3.45. The topological polar surface area (TPSA) is 82.2 Å². The zero-order valence-corrected chi connectivity index (χ0v) is 22.1. The first-order chi connectivity index (χ1) is 19.1. The van der Waals surface area contributed by atoms with Crippen molar-refractivity contribution in [2.75, 3.05) is 13.1 Å². The van der Waals surface area contributed by atoms with E-state index in [1.54, 1.807) is 0 Å².